The Morgan fingerprint density at radius 3 is 2.56 bits per heavy atom. The highest BCUT2D eigenvalue weighted by Crippen LogP contribution is 2.29. The minimum Gasteiger partial charge on any atom is -0.351 e. The van der Waals surface area contributed by atoms with Gasteiger partial charge in [-0.1, -0.05) is 30.3 Å². The number of anilines is 1. The smallest absolute Gasteiger partial charge is 0.271 e. The second-order valence-corrected chi connectivity index (χ2v) is 5.90. The Bertz CT molecular complexity index is 748. The summed E-state index contributed by atoms with van der Waals surface area (Å²) in [5.41, 5.74) is 1.18. The van der Waals surface area contributed by atoms with Crippen molar-refractivity contribution < 1.29 is 9.59 Å². The Balaban J connectivity index is 1.91. The van der Waals surface area contributed by atoms with E-state index in [0.29, 0.717) is 25.5 Å². The van der Waals surface area contributed by atoms with E-state index >= 15 is 0 Å². The van der Waals surface area contributed by atoms with Gasteiger partial charge in [-0.3, -0.25) is 9.59 Å². The monoisotopic (exact) mass is 339 g/mol. The molecule has 2 heterocycles. The molecule has 1 saturated heterocycles. The number of piperazine rings is 1. The summed E-state index contributed by atoms with van der Waals surface area (Å²) in [7, 11) is 1.81. The van der Waals surface area contributed by atoms with Crippen LogP contribution in [0, 0.1) is 0 Å². The maximum atomic E-state index is 12.7. The van der Waals surface area contributed by atoms with E-state index in [2.05, 4.69) is 15.5 Å². The lowest BCUT2D eigenvalue weighted by molar-refractivity contribution is -0.133. The van der Waals surface area contributed by atoms with Gasteiger partial charge in [0.15, 0.2) is 11.5 Å². The van der Waals surface area contributed by atoms with Crippen LogP contribution < -0.4 is 10.2 Å². The standard InChI is InChI=1S/C18H21N5O2/c1-3-19-17(24)14-9-10-15(21-20-14)23-12-11-22(2)18(25)16(23)13-7-5-4-6-8-13/h4-10,16H,3,11-12H2,1-2H3,(H,19,24). The van der Waals surface area contributed by atoms with Crippen LogP contribution in [0.4, 0.5) is 5.82 Å². The molecule has 1 aromatic carbocycles. The van der Waals surface area contributed by atoms with Crippen LogP contribution in [0.1, 0.15) is 29.0 Å². The van der Waals surface area contributed by atoms with Crippen molar-refractivity contribution in [1.29, 1.82) is 0 Å². The van der Waals surface area contributed by atoms with Crippen molar-refractivity contribution in [1.82, 2.24) is 20.4 Å². The number of amides is 2. The number of likely N-dealkylation sites (N-methyl/N-ethyl adjacent to an activating group) is 1. The summed E-state index contributed by atoms with van der Waals surface area (Å²) in [6.07, 6.45) is 0. The van der Waals surface area contributed by atoms with E-state index < -0.39 is 6.04 Å². The zero-order valence-corrected chi connectivity index (χ0v) is 14.3. The predicted octanol–water partition coefficient (Wildman–Crippen LogP) is 1.25. The van der Waals surface area contributed by atoms with E-state index in [4.69, 9.17) is 0 Å². The van der Waals surface area contributed by atoms with E-state index in [-0.39, 0.29) is 17.5 Å². The molecule has 1 aromatic heterocycles. The van der Waals surface area contributed by atoms with E-state index in [1.54, 1.807) is 24.1 Å². The molecule has 2 amide bonds. The van der Waals surface area contributed by atoms with Gasteiger partial charge in [0, 0.05) is 26.7 Å². The topological polar surface area (TPSA) is 78.4 Å². The van der Waals surface area contributed by atoms with Crippen molar-refractivity contribution in [3.05, 3.63) is 53.7 Å². The Labute approximate surface area is 146 Å². The molecule has 7 nitrogen and oxygen atoms in total. The molecular weight excluding hydrogens is 318 g/mol. The zero-order chi connectivity index (χ0) is 17.8. The second-order valence-electron chi connectivity index (χ2n) is 5.90. The number of aromatic nitrogens is 2. The van der Waals surface area contributed by atoms with E-state index in [0.717, 1.165) is 5.56 Å². The summed E-state index contributed by atoms with van der Waals surface area (Å²) in [4.78, 5) is 28.2. The van der Waals surface area contributed by atoms with Crippen molar-refractivity contribution in [2.75, 3.05) is 31.6 Å². The van der Waals surface area contributed by atoms with Gasteiger partial charge in [0.25, 0.3) is 5.91 Å². The lowest BCUT2D eigenvalue weighted by Crippen LogP contribution is -2.51. The maximum Gasteiger partial charge on any atom is 0.271 e. The van der Waals surface area contributed by atoms with Gasteiger partial charge in [0.2, 0.25) is 5.91 Å². The first-order valence-corrected chi connectivity index (χ1v) is 8.30. The van der Waals surface area contributed by atoms with Gasteiger partial charge in [-0.15, -0.1) is 10.2 Å². The molecule has 0 spiro atoms. The van der Waals surface area contributed by atoms with E-state index in [9.17, 15) is 9.59 Å². The van der Waals surface area contributed by atoms with Crippen molar-refractivity contribution in [3.63, 3.8) is 0 Å². The number of hydrogen-bond donors (Lipinski definition) is 1. The highest BCUT2D eigenvalue weighted by molar-refractivity contribution is 5.92. The van der Waals surface area contributed by atoms with Crippen LogP contribution in [-0.4, -0.2) is 53.6 Å². The van der Waals surface area contributed by atoms with Gasteiger partial charge in [-0.05, 0) is 24.6 Å². The quantitative estimate of drug-likeness (QED) is 0.907. The largest absolute Gasteiger partial charge is 0.351 e. The first-order valence-electron chi connectivity index (χ1n) is 8.30. The molecule has 25 heavy (non-hydrogen) atoms. The maximum absolute atomic E-state index is 12.7. The van der Waals surface area contributed by atoms with Crippen molar-refractivity contribution in [3.8, 4) is 0 Å². The lowest BCUT2D eigenvalue weighted by Gasteiger charge is -2.39. The summed E-state index contributed by atoms with van der Waals surface area (Å²) >= 11 is 0. The Morgan fingerprint density at radius 1 is 1.16 bits per heavy atom. The summed E-state index contributed by atoms with van der Waals surface area (Å²) in [6.45, 7) is 3.64. The number of nitrogens with zero attached hydrogens (tertiary/aromatic N) is 4. The number of rotatable bonds is 4. The molecule has 130 valence electrons. The lowest BCUT2D eigenvalue weighted by atomic mass is 10.0. The first-order chi connectivity index (χ1) is 12.1. The molecule has 1 aliphatic rings. The average Bonchev–Trinajstić information content (AvgIpc) is 2.65. The fourth-order valence-electron chi connectivity index (χ4n) is 2.89. The third-order valence-electron chi connectivity index (χ3n) is 4.23. The fraction of sp³-hybridized carbons (Fsp3) is 0.333. The van der Waals surface area contributed by atoms with Crippen LogP contribution in [0.3, 0.4) is 0 Å². The van der Waals surface area contributed by atoms with Crippen LogP contribution in [0.15, 0.2) is 42.5 Å². The molecule has 1 fully saturated rings. The van der Waals surface area contributed by atoms with Crippen molar-refractivity contribution in [2.45, 2.75) is 13.0 Å². The molecule has 0 saturated carbocycles. The Hall–Kier alpha value is -2.96. The van der Waals surface area contributed by atoms with Gasteiger partial charge in [0.1, 0.15) is 6.04 Å². The predicted molar refractivity (Wildman–Crippen MR) is 94.2 cm³/mol. The summed E-state index contributed by atoms with van der Waals surface area (Å²) in [5.74, 6) is 0.353. The van der Waals surface area contributed by atoms with Gasteiger partial charge < -0.3 is 15.1 Å². The number of carbonyl (C=O) groups is 2. The Kier molecular flexibility index (Phi) is 4.92. The molecule has 1 N–H and O–H groups in total. The molecule has 0 aliphatic carbocycles. The molecule has 1 aliphatic heterocycles. The molecule has 2 aromatic rings. The van der Waals surface area contributed by atoms with Crippen LogP contribution in [0.25, 0.3) is 0 Å². The Morgan fingerprint density at radius 2 is 1.92 bits per heavy atom. The number of carbonyl (C=O) groups excluding carboxylic acids is 2. The molecule has 1 atom stereocenters. The molecule has 0 bridgehead atoms. The molecular formula is C18H21N5O2. The van der Waals surface area contributed by atoms with E-state index in [1.807, 2.05) is 42.2 Å². The van der Waals surface area contributed by atoms with Crippen LogP contribution in [0.5, 0.6) is 0 Å². The molecule has 7 heteroatoms. The highest BCUT2D eigenvalue weighted by Gasteiger charge is 2.35. The highest BCUT2D eigenvalue weighted by atomic mass is 16.2. The minimum atomic E-state index is -0.440. The van der Waals surface area contributed by atoms with Gasteiger partial charge in [-0.2, -0.15) is 0 Å². The average molecular weight is 339 g/mol. The van der Waals surface area contributed by atoms with Crippen molar-refractivity contribution >= 4 is 17.6 Å². The van der Waals surface area contributed by atoms with Crippen LogP contribution >= 0.6 is 0 Å². The van der Waals surface area contributed by atoms with Gasteiger partial charge in [-0.25, -0.2) is 0 Å². The van der Waals surface area contributed by atoms with Crippen LogP contribution in [0.2, 0.25) is 0 Å². The first kappa shape index (κ1) is 16.9. The molecule has 1 unspecified atom stereocenters. The third kappa shape index (κ3) is 3.45. The molecule has 3 rings (SSSR count). The normalized spacial score (nSPS) is 17.5. The zero-order valence-electron chi connectivity index (χ0n) is 14.3. The second kappa shape index (κ2) is 7.29. The van der Waals surface area contributed by atoms with Crippen LogP contribution in [-0.2, 0) is 4.79 Å². The molecule has 0 radical (unpaired) electrons. The number of hydrogen-bond acceptors (Lipinski definition) is 5. The summed E-state index contributed by atoms with van der Waals surface area (Å²) in [6, 6.07) is 12.6. The fourth-order valence-corrected chi connectivity index (χ4v) is 2.89. The number of nitrogens with one attached hydrogen (secondary N) is 1. The summed E-state index contributed by atoms with van der Waals surface area (Å²) in [5, 5.41) is 10.9. The SMILES string of the molecule is CCNC(=O)c1ccc(N2CCN(C)C(=O)C2c2ccccc2)nn1. The van der Waals surface area contributed by atoms with Gasteiger partial charge >= 0.3 is 0 Å². The summed E-state index contributed by atoms with van der Waals surface area (Å²) < 4.78 is 0. The van der Waals surface area contributed by atoms with Crippen molar-refractivity contribution in [2.24, 2.45) is 0 Å². The van der Waals surface area contributed by atoms with Gasteiger partial charge in [0.05, 0.1) is 0 Å². The van der Waals surface area contributed by atoms with E-state index in [1.165, 1.54) is 0 Å². The number of benzene rings is 1. The minimum absolute atomic E-state index is 0.0204. The third-order valence-corrected chi connectivity index (χ3v) is 4.23.